The average Bonchev–Trinajstić information content (AvgIpc) is 2.89. The van der Waals surface area contributed by atoms with E-state index in [0.717, 1.165) is 12.0 Å². The summed E-state index contributed by atoms with van der Waals surface area (Å²) in [5, 5.41) is 0. The van der Waals surface area contributed by atoms with Crippen LogP contribution in [0.1, 0.15) is 106 Å². The lowest BCUT2D eigenvalue weighted by Crippen LogP contribution is -2.18. The highest BCUT2D eigenvalue weighted by molar-refractivity contribution is 5.90. The first kappa shape index (κ1) is 24.3. The van der Waals surface area contributed by atoms with Crippen molar-refractivity contribution in [3.8, 4) is 0 Å². The van der Waals surface area contributed by atoms with Crippen LogP contribution in [0.4, 0.5) is 0 Å². The van der Waals surface area contributed by atoms with Crippen molar-refractivity contribution >= 4 is 17.6 Å². The van der Waals surface area contributed by atoms with E-state index in [2.05, 4.69) is 66.7 Å². The summed E-state index contributed by atoms with van der Waals surface area (Å²) in [5.74, 6) is 0.416. The second kappa shape index (κ2) is 9.25. The van der Waals surface area contributed by atoms with Crippen LogP contribution in [-0.2, 0) is 22.0 Å². The first-order chi connectivity index (χ1) is 14.9. The van der Waals surface area contributed by atoms with E-state index >= 15 is 0 Å². The van der Waals surface area contributed by atoms with E-state index in [1.165, 1.54) is 40.7 Å². The minimum absolute atomic E-state index is 0.186. The Bertz CT molecular complexity index is 1000. The standard InChI is InChI=1S/C30H40O2/c1-9-32-28(31)23-14-11-22(12-15-23)16-21(4)25-18-27-26(17-24(25)13-10-20(2)3)29(5,6)19-30(27,7)8/h11-12,14-18,20H,9-10,13,19H2,1-8H3/b21-16+. The van der Waals surface area contributed by atoms with Crippen molar-refractivity contribution in [2.75, 3.05) is 6.61 Å². The highest BCUT2D eigenvalue weighted by Crippen LogP contribution is 2.50. The smallest absolute Gasteiger partial charge is 0.338 e. The third kappa shape index (κ3) is 5.17. The molecule has 0 spiro atoms. The van der Waals surface area contributed by atoms with Gasteiger partial charge in [0, 0.05) is 0 Å². The van der Waals surface area contributed by atoms with Crippen LogP contribution in [0.5, 0.6) is 0 Å². The Balaban J connectivity index is 2.02. The summed E-state index contributed by atoms with van der Waals surface area (Å²) in [4.78, 5) is 12.0. The molecule has 2 heteroatoms. The topological polar surface area (TPSA) is 26.3 Å². The number of carbonyl (C=O) groups is 1. The van der Waals surface area contributed by atoms with Gasteiger partial charge in [0.05, 0.1) is 12.2 Å². The summed E-state index contributed by atoms with van der Waals surface area (Å²) in [5.41, 5.74) is 9.22. The van der Waals surface area contributed by atoms with Crippen molar-refractivity contribution < 1.29 is 9.53 Å². The minimum atomic E-state index is -0.265. The van der Waals surface area contributed by atoms with Gasteiger partial charge >= 0.3 is 5.97 Å². The number of hydrogen-bond donors (Lipinski definition) is 0. The highest BCUT2D eigenvalue weighted by atomic mass is 16.5. The van der Waals surface area contributed by atoms with E-state index in [-0.39, 0.29) is 16.8 Å². The molecule has 2 nitrogen and oxygen atoms in total. The predicted octanol–water partition coefficient (Wildman–Crippen LogP) is 7.97. The summed E-state index contributed by atoms with van der Waals surface area (Å²) in [6.07, 6.45) is 5.71. The van der Waals surface area contributed by atoms with Gasteiger partial charge in [0.15, 0.2) is 0 Å². The number of fused-ring (bicyclic) bond motifs is 1. The molecule has 172 valence electrons. The van der Waals surface area contributed by atoms with Gasteiger partial charge in [-0.25, -0.2) is 4.79 Å². The fourth-order valence-electron chi connectivity index (χ4n) is 5.34. The first-order valence-corrected chi connectivity index (χ1v) is 12.1. The van der Waals surface area contributed by atoms with Crippen molar-refractivity contribution in [2.45, 2.75) is 85.5 Å². The zero-order chi connectivity index (χ0) is 23.7. The predicted molar refractivity (Wildman–Crippen MR) is 136 cm³/mol. The van der Waals surface area contributed by atoms with Gasteiger partial charge in [0.25, 0.3) is 0 Å². The Morgan fingerprint density at radius 1 is 1.03 bits per heavy atom. The molecule has 1 aliphatic rings. The normalized spacial score (nSPS) is 16.8. The molecule has 0 saturated heterocycles. The van der Waals surface area contributed by atoms with Crippen molar-refractivity contribution in [1.82, 2.24) is 0 Å². The van der Waals surface area contributed by atoms with Gasteiger partial charge in [0.2, 0.25) is 0 Å². The van der Waals surface area contributed by atoms with E-state index in [1.807, 2.05) is 31.2 Å². The molecule has 0 atom stereocenters. The largest absolute Gasteiger partial charge is 0.462 e. The molecular weight excluding hydrogens is 392 g/mol. The summed E-state index contributed by atoms with van der Waals surface area (Å²) in [6, 6.07) is 12.7. The van der Waals surface area contributed by atoms with Gasteiger partial charge in [-0.3, -0.25) is 0 Å². The molecule has 2 aromatic carbocycles. The second-order valence-corrected chi connectivity index (χ2v) is 11.1. The number of rotatable bonds is 7. The van der Waals surface area contributed by atoms with Gasteiger partial charge in [-0.1, -0.05) is 71.9 Å². The number of aryl methyl sites for hydroxylation is 1. The van der Waals surface area contributed by atoms with Crippen LogP contribution >= 0.6 is 0 Å². The molecule has 0 aliphatic heterocycles. The summed E-state index contributed by atoms with van der Waals surface area (Å²) in [7, 11) is 0. The number of carbonyl (C=O) groups excluding carboxylic acids is 1. The zero-order valence-electron chi connectivity index (χ0n) is 21.3. The Labute approximate surface area is 195 Å². The molecule has 0 saturated carbocycles. The second-order valence-electron chi connectivity index (χ2n) is 11.1. The SMILES string of the molecule is CCOC(=O)c1ccc(/C=C(\C)c2cc3c(cc2CCC(C)C)C(C)(C)CC3(C)C)cc1. The quantitative estimate of drug-likeness (QED) is 0.327. The molecule has 0 N–H and O–H groups in total. The molecule has 0 amide bonds. The summed E-state index contributed by atoms with van der Waals surface area (Å²) >= 11 is 0. The maximum Gasteiger partial charge on any atom is 0.338 e. The van der Waals surface area contributed by atoms with E-state index in [9.17, 15) is 4.79 Å². The molecule has 0 bridgehead atoms. The van der Waals surface area contributed by atoms with E-state index < -0.39 is 0 Å². The first-order valence-electron chi connectivity index (χ1n) is 12.1. The Morgan fingerprint density at radius 3 is 2.19 bits per heavy atom. The van der Waals surface area contributed by atoms with Crippen LogP contribution in [0.2, 0.25) is 0 Å². The Morgan fingerprint density at radius 2 is 1.62 bits per heavy atom. The highest BCUT2D eigenvalue weighted by Gasteiger charge is 2.42. The van der Waals surface area contributed by atoms with Gasteiger partial charge < -0.3 is 4.74 Å². The van der Waals surface area contributed by atoms with Crippen LogP contribution in [0, 0.1) is 5.92 Å². The van der Waals surface area contributed by atoms with Crippen LogP contribution in [-0.4, -0.2) is 12.6 Å². The molecule has 0 heterocycles. The zero-order valence-corrected chi connectivity index (χ0v) is 21.3. The molecule has 1 aliphatic carbocycles. The fourth-order valence-corrected chi connectivity index (χ4v) is 5.34. The summed E-state index contributed by atoms with van der Waals surface area (Å²) in [6.45, 7) is 18.6. The minimum Gasteiger partial charge on any atom is -0.462 e. The van der Waals surface area contributed by atoms with Crippen LogP contribution in [0.15, 0.2) is 36.4 Å². The maximum atomic E-state index is 12.0. The maximum absolute atomic E-state index is 12.0. The fraction of sp³-hybridized carbons (Fsp3) is 0.500. The lowest BCUT2D eigenvalue weighted by Gasteiger charge is -2.22. The van der Waals surface area contributed by atoms with Crippen molar-refractivity contribution in [1.29, 1.82) is 0 Å². The number of benzene rings is 2. The molecule has 0 radical (unpaired) electrons. The Hall–Kier alpha value is -2.35. The molecule has 0 aromatic heterocycles. The lowest BCUT2D eigenvalue weighted by molar-refractivity contribution is 0.0526. The van der Waals surface area contributed by atoms with Crippen molar-refractivity contribution in [2.24, 2.45) is 5.92 Å². The Kier molecular flexibility index (Phi) is 7.03. The van der Waals surface area contributed by atoms with E-state index in [4.69, 9.17) is 4.74 Å². The molecule has 3 rings (SSSR count). The molecule has 32 heavy (non-hydrogen) atoms. The molecule has 0 unspecified atom stereocenters. The van der Waals surface area contributed by atoms with Crippen molar-refractivity contribution in [3.63, 3.8) is 0 Å². The van der Waals surface area contributed by atoms with Crippen LogP contribution < -0.4 is 0 Å². The van der Waals surface area contributed by atoms with Crippen LogP contribution in [0.25, 0.3) is 11.6 Å². The van der Waals surface area contributed by atoms with E-state index in [1.54, 1.807) is 0 Å². The molecule has 2 aromatic rings. The molecular formula is C30H40O2. The number of hydrogen-bond acceptors (Lipinski definition) is 2. The van der Waals surface area contributed by atoms with Gasteiger partial charge in [-0.15, -0.1) is 0 Å². The lowest BCUT2D eigenvalue weighted by atomic mass is 9.82. The van der Waals surface area contributed by atoms with Gasteiger partial charge in [-0.05, 0) is 95.4 Å². The average molecular weight is 433 g/mol. The number of allylic oxidation sites excluding steroid dienone is 1. The van der Waals surface area contributed by atoms with Gasteiger partial charge in [0.1, 0.15) is 0 Å². The van der Waals surface area contributed by atoms with Crippen LogP contribution in [0.3, 0.4) is 0 Å². The third-order valence-corrected chi connectivity index (χ3v) is 6.81. The van der Waals surface area contributed by atoms with E-state index in [0.29, 0.717) is 18.1 Å². The molecule has 0 fully saturated rings. The van der Waals surface area contributed by atoms with Crippen molar-refractivity contribution in [3.05, 3.63) is 69.8 Å². The summed E-state index contributed by atoms with van der Waals surface area (Å²) < 4.78 is 5.10. The number of ether oxygens (including phenoxy) is 1. The van der Waals surface area contributed by atoms with Gasteiger partial charge in [-0.2, -0.15) is 0 Å². The monoisotopic (exact) mass is 432 g/mol. The number of esters is 1. The third-order valence-electron chi connectivity index (χ3n) is 6.81.